The van der Waals surface area contributed by atoms with Gasteiger partial charge < -0.3 is 10.2 Å². The number of carbonyl (C=O) groups excluding carboxylic acids is 1. The normalized spacial score (nSPS) is 35.9. The first-order valence-corrected chi connectivity index (χ1v) is 9.41. The van der Waals surface area contributed by atoms with Crippen molar-refractivity contribution >= 4 is 5.91 Å². The number of amides is 1. The third kappa shape index (κ3) is 3.33. The van der Waals surface area contributed by atoms with E-state index in [1.165, 1.54) is 51.7 Å². The lowest BCUT2D eigenvalue weighted by Gasteiger charge is -2.57. The summed E-state index contributed by atoms with van der Waals surface area (Å²) in [5, 5.41) is 2.92. The maximum atomic E-state index is 11.7. The third-order valence-corrected chi connectivity index (χ3v) is 6.21. The van der Waals surface area contributed by atoms with Crippen molar-refractivity contribution in [3.05, 3.63) is 0 Å². The molecule has 0 radical (unpaired) electrons. The van der Waals surface area contributed by atoms with Gasteiger partial charge in [-0.1, -0.05) is 0 Å². The van der Waals surface area contributed by atoms with E-state index in [1.807, 2.05) is 6.92 Å². The van der Waals surface area contributed by atoms with Gasteiger partial charge in [-0.25, -0.2) is 0 Å². The van der Waals surface area contributed by atoms with Crippen molar-refractivity contribution in [2.45, 2.75) is 64.0 Å². The van der Waals surface area contributed by atoms with E-state index < -0.39 is 0 Å². The monoisotopic (exact) mass is 307 g/mol. The average Bonchev–Trinajstić information content (AvgIpc) is 2.51. The lowest BCUT2D eigenvalue weighted by molar-refractivity contribution is -0.121. The number of nitrogens with one attached hydrogen (secondary N) is 1. The molecular weight excluding hydrogens is 274 g/mol. The fourth-order valence-electron chi connectivity index (χ4n) is 5.40. The molecule has 4 nitrogen and oxygen atoms in total. The molecule has 0 spiro atoms. The molecule has 0 aliphatic carbocycles. The standard InChI is InChI=1S/C18H33N3O/c1-3-19-17(22)10-4-9-16-15-8-6-12-21-11-5-7-14(18(15)21)13-20(16)2/h14-16,18H,3-13H2,1-2H3,(H,19,22)/t14-,15+,16+,18-/m0/s1. The molecule has 3 saturated heterocycles. The molecule has 1 amide bonds. The van der Waals surface area contributed by atoms with Crippen molar-refractivity contribution in [1.29, 1.82) is 0 Å². The molecular formula is C18H33N3O. The predicted molar refractivity (Wildman–Crippen MR) is 89.8 cm³/mol. The molecule has 22 heavy (non-hydrogen) atoms. The first kappa shape index (κ1) is 16.3. The second kappa shape index (κ2) is 7.31. The van der Waals surface area contributed by atoms with Crippen LogP contribution < -0.4 is 5.32 Å². The highest BCUT2D eigenvalue weighted by Crippen LogP contribution is 2.42. The highest BCUT2D eigenvalue weighted by Gasteiger charge is 2.47. The quantitative estimate of drug-likeness (QED) is 0.845. The van der Waals surface area contributed by atoms with Crippen LogP contribution in [0.25, 0.3) is 0 Å². The molecule has 0 bridgehead atoms. The Morgan fingerprint density at radius 3 is 2.77 bits per heavy atom. The Hall–Kier alpha value is -0.610. The minimum atomic E-state index is 0.224. The number of hydrogen-bond acceptors (Lipinski definition) is 3. The molecule has 3 rings (SSSR count). The van der Waals surface area contributed by atoms with Gasteiger partial charge in [0.2, 0.25) is 5.91 Å². The largest absolute Gasteiger partial charge is 0.356 e. The summed E-state index contributed by atoms with van der Waals surface area (Å²) >= 11 is 0. The Labute approximate surface area is 135 Å². The summed E-state index contributed by atoms with van der Waals surface area (Å²) in [6, 6.07) is 1.53. The Bertz CT molecular complexity index is 385. The number of likely N-dealkylation sites (tertiary alicyclic amines) is 1. The molecule has 0 aromatic rings. The predicted octanol–water partition coefficient (Wildman–Crippen LogP) is 2.10. The van der Waals surface area contributed by atoms with Crippen LogP contribution >= 0.6 is 0 Å². The zero-order valence-electron chi connectivity index (χ0n) is 14.4. The van der Waals surface area contributed by atoms with Gasteiger partial charge >= 0.3 is 0 Å². The van der Waals surface area contributed by atoms with E-state index in [0.717, 1.165) is 30.8 Å². The van der Waals surface area contributed by atoms with E-state index in [4.69, 9.17) is 0 Å². The van der Waals surface area contributed by atoms with Crippen molar-refractivity contribution in [3.8, 4) is 0 Å². The maximum absolute atomic E-state index is 11.7. The number of hydrogen-bond donors (Lipinski definition) is 1. The molecule has 3 aliphatic heterocycles. The van der Waals surface area contributed by atoms with Crippen molar-refractivity contribution < 1.29 is 4.79 Å². The zero-order valence-corrected chi connectivity index (χ0v) is 14.4. The van der Waals surface area contributed by atoms with Crippen LogP contribution in [0.4, 0.5) is 0 Å². The number of rotatable bonds is 5. The molecule has 0 aromatic carbocycles. The zero-order chi connectivity index (χ0) is 15.5. The molecule has 0 aromatic heterocycles. The van der Waals surface area contributed by atoms with Gasteiger partial charge in [0.15, 0.2) is 0 Å². The topological polar surface area (TPSA) is 35.6 Å². The summed E-state index contributed by atoms with van der Waals surface area (Å²) in [4.78, 5) is 17.1. The highest BCUT2D eigenvalue weighted by molar-refractivity contribution is 5.75. The molecule has 4 atom stereocenters. The van der Waals surface area contributed by atoms with Crippen LogP contribution in [-0.2, 0) is 4.79 Å². The summed E-state index contributed by atoms with van der Waals surface area (Å²) in [5.41, 5.74) is 0. The second-order valence-electron chi connectivity index (χ2n) is 7.59. The van der Waals surface area contributed by atoms with Gasteiger partial charge in [0, 0.05) is 31.6 Å². The van der Waals surface area contributed by atoms with Crippen LogP contribution in [0.5, 0.6) is 0 Å². The minimum absolute atomic E-state index is 0.224. The fraction of sp³-hybridized carbons (Fsp3) is 0.944. The van der Waals surface area contributed by atoms with Crippen LogP contribution in [0.2, 0.25) is 0 Å². The van der Waals surface area contributed by atoms with E-state index in [0.29, 0.717) is 12.5 Å². The molecule has 3 heterocycles. The SMILES string of the molecule is CCNC(=O)CCC[C@@H]1[C@H]2CCCN3CCC[C@@H](CN1C)[C@@H]23. The highest BCUT2D eigenvalue weighted by atomic mass is 16.1. The molecule has 0 saturated carbocycles. The van der Waals surface area contributed by atoms with Gasteiger partial charge in [-0.05, 0) is 77.4 Å². The third-order valence-electron chi connectivity index (χ3n) is 6.21. The van der Waals surface area contributed by atoms with E-state index >= 15 is 0 Å². The summed E-state index contributed by atoms with van der Waals surface area (Å²) < 4.78 is 0. The van der Waals surface area contributed by atoms with Crippen LogP contribution in [0.1, 0.15) is 51.9 Å². The van der Waals surface area contributed by atoms with E-state index in [1.54, 1.807) is 0 Å². The molecule has 3 aliphatic rings. The van der Waals surface area contributed by atoms with Gasteiger partial charge in [-0.15, -0.1) is 0 Å². The summed E-state index contributed by atoms with van der Waals surface area (Å²) in [5.74, 6) is 1.96. The Morgan fingerprint density at radius 2 is 2.00 bits per heavy atom. The maximum Gasteiger partial charge on any atom is 0.219 e. The van der Waals surface area contributed by atoms with Crippen LogP contribution in [0, 0.1) is 11.8 Å². The van der Waals surface area contributed by atoms with Crippen molar-refractivity contribution in [3.63, 3.8) is 0 Å². The van der Waals surface area contributed by atoms with E-state index in [2.05, 4.69) is 22.2 Å². The van der Waals surface area contributed by atoms with E-state index in [9.17, 15) is 4.79 Å². The molecule has 4 heteroatoms. The Kier molecular flexibility index (Phi) is 5.40. The van der Waals surface area contributed by atoms with Gasteiger partial charge in [0.05, 0.1) is 0 Å². The first-order valence-electron chi connectivity index (χ1n) is 9.41. The van der Waals surface area contributed by atoms with Crippen molar-refractivity contribution in [2.75, 3.05) is 33.2 Å². The van der Waals surface area contributed by atoms with Crippen LogP contribution in [0.3, 0.4) is 0 Å². The lowest BCUT2D eigenvalue weighted by atomic mass is 9.69. The van der Waals surface area contributed by atoms with Gasteiger partial charge in [-0.3, -0.25) is 9.69 Å². The van der Waals surface area contributed by atoms with E-state index in [-0.39, 0.29) is 5.91 Å². The average molecular weight is 307 g/mol. The smallest absolute Gasteiger partial charge is 0.219 e. The second-order valence-corrected chi connectivity index (χ2v) is 7.59. The molecule has 0 unspecified atom stereocenters. The number of nitrogens with zero attached hydrogens (tertiary/aromatic N) is 2. The van der Waals surface area contributed by atoms with Gasteiger partial charge in [0.1, 0.15) is 0 Å². The van der Waals surface area contributed by atoms with Crippen molar-refractivity contribution in [1.82, 2.24) is 15.1 Å². The molecule has 1 N–H and O–H groups in total. The van der Waals surface area contributed by atoms with Gasteiger partial charge in [0.25, 0.3) is 0 Å². The summed E-state index contributed by atoms with van der Waals surface area (Å²) in [6.45, 7) is 6.67. The van der Waals surface area contributed by atoms with Crippen LogP contribution in [0.15, 0.2) is 0 Å². The Morgan fingerprint density at radius 1 is 1.23 bits per heavy atom. The molecule has 126 valence electrons. The minimum Gasteiger partial charge on any atom is -0.356 e. The number of piperidine rings is 3. The van der Waals surface area contributed by atoms with Gasteiger partial charge in [-0.2, -0.15) is 0 Å². The summed E-state index contributed by atoms with van der Waals surface area (Å²) in [7, 11) is 2.32. The Balaban J connectivity index is 1.59. The fourth-order valence-corrected chi connectivity index (χ4v) is 5.40. The summed E-state index contributed by atoms with van der Waals surface area (Å²) in [6.07, 6.45) is 8.51. The lowest BCUT2D eigenvalue weighted by Crippen LogP contribution is -2.63. The molecule has 3 fully saturated rings. The van der Waals surface area contributed by atoms with Crippen LogP contribution in [-0.4, -0.2) is 61.0 Å². The van der Waals surface area contributed by atoms with Crippen molar-refractivity contribution in [2.24, 2.45) is 11.8 Å². The number of carbonyl (C=O) groups is 1. The first-order chi connectivity index (χ1) is 10.7.